The zero-order valence-electron chi connectivity index (χ0n) is 52.7. The fraction of sp³-hybridized carbons (Fsp3) is 0.580. The molecule has 0 amide bonds. The fourth-order valence-corrected chi connectivity index (χ4v) is 23.3. The van der Waals surface area contributed by atoms with Crippen LogP contribution in [-0.2, 0) is 37.3 Å². The molecule has 5 aromatic rings. The van der Waals surface area contributed by atoms with Crippen LogP contribution in [0.15, 0.2) is 133 Å². The van der Waals surface area contributed by atoms with Gasteiger partial charge < -0.3 is 24.8 Å². The van der Waals surface area contributed by atoms with E-state index in [0.29, 0.717) is 68.1 Å². The van der Waals surface area contributed by atoms with Gasteiger partial charge in [-0.2, -0.15) is 0 Å². The van der Waals surface area contributed by atoms with Crippen LogP contribution in [0.2, 0.25) is 0 Å². The molecule has 2 bridgehead atoms. The van der Waals surface area contributed by atoms with E-state index in [1.165, 1.54) is 72.4 Å². The summed E-state index contributed by atoms with van der Waals surface area (Å²) in [6.45, 7) is 7.02. The average molecular weight is 1180 g/mol. The zero-order chi connectivity index (χ0) is 60.2. The van der Waals surface area contributed by atoms with Crippen LogP contribution in [-0.4, -0.2) is 57.8 Å². The molecule has 10 aliphatic rings. The van der Waals surface area contributed by atoms with E-state index in [1.807, 2.05) is 0 Å². The monoisotopic (exact) mass is 1180 g/mol. The molecule has 6 fully saturated rings. The van der Waals surface area contributed by atoms with Gasteiger partial charge in [0.15, 0.2) is 0 Å². The van der Waals surface area contributed by atoms with E-state index >= 15 is 4.79 Å². The van der Waals surface area contributed by atoms with Crippen molar-refractivity contribution in [2.24, 2.45) is 69.5 Å². The third-order valence-electron chi connectivity index (χ3n) is 27.1. The highest BCUT2D eigenvalue weighted by molar-refractivity contribution is 5.93. The fourth-order valence-electron chi connectivity index (χ4n) is 23.3. The molecule has 462 valence electrons. The van der Waals surface area contributed by atoms with Crippen molar-refractivity contribution in [3.63, 3.8) is 0 Å². The highest BCUT2D eigenvalue weighted by Crippen LogP contribution is 2.77. The van der Waals surface area contributed by atoms with Crippen molar-refractivity contribution >= 4 is 22.7 Å². The largest absolute Gasteiger partial charge is 0.462 e. The Labute approximate surface area is 524 Å². The number of cyclic esters (lactones) is 1. The molecule has 7 heteroatoms. The van der Waals surface area contributed by atoms with Gasteiger partial charge in [0.25, 0.3) is 0 Å². The first-order valence-corrected chi connectivity index (χ1v) is 35.1. The van der Waals surface area contributed by atoms with Crippen molar-refractivity contribution in [1.29, 1.82) is 0 Å². The summed E-state index contributed by atoms with van der Waals surface area (Å²) in [5.74, 6) is 7.14. The van der Waals surface area contributed by atoms with Crippen molar-refractivity contribution in [1.82, 2.24) is 0 Å². The summed E-state index contributed by atoms with van der Waals surface area (Å²) >= 11 is 0. The second-order valence-corrected chi connectivity index (χ2v) is 31.1. The van der Waals surface area contributed by atoms with Gasteiger partial charge in [-0.15, -0.1) is 0 Å². The third-order valence-corrected chi connectivity index (χ3v) is 27.1. The number of aliphatic hydroxyl groups excluding tert-OH is 2. The molecule has 3 N–H and O–H groups in total. The van der Waals surface area contributed by atoms with E-state index in [9.17, 15) is 20.1 Å². The van der Waals surface area contributed by atoms with Crippen LogP contribution in [0.4, 0.5) is 0 Å². The Morgan fingerprint density at radius 1 is 0.727 bits per heavy atom. The Hall–Kier alpha value is -5.52. The van der Waals surface area contributed by atoms with Crippen LogP contribution in [0.25, 0.3) is 10.8 Å². The van der Waals surface area contributed by atoms with Crippen molar-refractivity contribution < 1.29 is 34.4 Å². The number of hydrogen-bond donors (Lipinski definition) is 3. The minimum absolute atomic E-state index is 0.0929. The maximum Gasteiger partial charge on any atom is 0.331 e. The van der Waals surface area contributed by atoms with Gasteiger partial charge in [0.05, 0.1) is 29.1 Å². The molecular formula is C81H96O7. The Kier molecular flexibility index (Phi) is 15.4. The Morgan fingerprint density at radius 3 is 2.28 bits per heavy atom. The van der Waals surface area contributed by atoms with Gasteiger partial charge in [-0.3, -0.25) is 4.79 Å². The van der Waals surface area contributed by atoms with E-state index in [1.54, 1.807) is 22.8 Å². The lowest BCUT2D eigenvalue weighted by molar-refractivity contribution is -0.331. The lowest BCUT2D eigenvalue weighted by Gasteiger charge is -2.71. The van der Waals surface area contributed by atoms with E-state index in [-0.39, 0.29) is 53.6 Å². The molecule has 7 nitrogen and oxygen atoms in total. The number of ether oxygens (including phenoxy) is 2. The molecule has 0 aromatic heterocycles. The van der Waals surface area contributed by atoms with E-state index in [2.05, 4.69) is 154 Å². The highest BCUT2D eigenvalue weighted by Gasteiger charge is 2.76. The Morgan fingerprint density at radius 2 is 1.50 bits per heavy atom. The molecule has 20 unspecified atom stereocenters. The number of fused-ring (bicyclic) bond motifs is 4. The van der Waals surface area contributed by atoms with Gasteiger partial charge in [0.2, 0.25) is 0 Å². The number of carbonyl (C=O) groups is 2. The summed E-state index contributed by atoms with van der Waals surface area (Å²) in [6, 6.07) is 45.4. The van der Waals surface area contributed by atoms with Crippen LogP contribution >= 0.6 is 0 Å². The molecule has 8 aliphatic carbocycles. The number of rotatable bonds is 13. The second-order valence-electron chi connectivity index (χ2n) is 31.1. The molecule has 88 heavy (non-hydrogen) atoms. The van der Waals surface area contributed by atoms with Crippen molar-refractivity contribution in [2.75, 3.05) is 6.61 Å². The van der Waals surface area contributed by atoms with Crippen molar-refractivity contribution in [3.8, 4) is 11.8 Å². The smallest absolute Gasteiger partial charge is 0.331 e. The van der Waals surface area contributed by atoms with Gasteiger partial charge in [-0.05, 0) is 236 Å². The van der Waals surface area contributed by atoms with Crippen LogP contribution < -0.4 is 0 Å². The molecule has 20 atom stereocenters. The third kappa shape index (κ3) is 9.41. The molecule has 2 aliphatic heterocycles. The molecular weight excluding hydrogens is 1080 g/mol. The lowest BCUT2D eigenvalue weighted by Crippen LogP contribution is -2.77. The van der Waals surface area contributed by atoms with Gasteiger partial charge in [-0.25, -0.2) is 4.79 Å². The summed E-state index contributed by atoms with van der Waals surface area (Å²) in [7, 11) is 0. The van der Waals surface area contributed by atoms with Gasteiger partial charge in [0, 0.05) is 29.2 Å². The first-order chi connectivity index (χ1) is 42.7. The topological polar surface area (TPSA) is 113 Å². The number of carbonyl (C=O) groups excluding carboxylic acids is 2. The summed E-state index contributed by atoms with van der Waals surface area (Å²) in [6.07, 6.45) is 19.3. The average Bonchev–Trinajstić information content (AvgIpc) is 1.14. The molecule has 0 saturated heterocycles. The molecule has 2 heterocycles. The van der Waals surface area contributed by atoms with Gasteiger partial charge in [-0.1, -0.05) is 173 Å². The zero-order valence-corrected chi connectivity index (χ0v) is 52.7. The standard InChI is InChI=1S/C81H96O7/c1-51(17-15-22-53-18-7-4-8-19-53)43-59-31-30-57-29-28-55(45-54-20-9-5-10-21-54)46-65(57)76(85)88-68-44-52(2)80(86,42-34-56-47-70(83)87-50-56)81(75(59)84)69(82)37-39-77(3,74(68)81)62-36-41-78-40-35-60-49-79(61-24-11-6-12-25-61)38-14-13-27-66(79)64-33-32-58-23-16-26-63(67(78)48-62)71(58)72(64)73(60)78/h4-12,16,18-21,23-26,32-33,47,51-52,55,57,59-60,62,65-69,73-75,82,84,86H,13-15,17,22,27-29,34-46,48-50H2,1-3H3. The normalized spacial score (nSPS) is 40.0. The van der Waals surface area contributed by atoms with Gasteiger partial charge >= 0.3 is 11.9 Å². The number of benzene rings is 5. The Balaban J connectivity index is 0.857. The summed E-state index contributed by atoms with van der Waals surface area (Å²) in [5.41, 5.74) is 6.26. The number of hydrogen-bond acceptors (Lipinski definition) is 7. The highest BCUT2D eigenvalue weighted by atomic mass is 16.5. The number of esters is 2. The number of aliphatic hydroxyl groups is 3. The molecule has 5 aromatic carbocycles. The predicted octanol–water partition coefficient (Wildman–Crippen LogP) is 16.2. The SMILES string of the molecule is CC(CCCc1ccccc1)CC1C#CC2CCC(Cc3ccccc3)CC2C(=O)OC2CC(C)C(O)(CCC3=CC(=O)OC3)C3(C(O)CCC(C)(C4CCC56CCC7CC8(c9ccccc9)CCCCC8c8ccc9cccc(c9c8C75)C6C4)C23)C1O. The van der Waals surface area contributed by atoms with Crippen LogP contribution in [0.5, 0.6) is 0 Å². The Bertz CT molecular complexity index is 3510. The summed E-state index contributed by atoms with van der Waals surface area (Å²) < 4.78 is 12.9. The van der Waals surface area contributed by atoms with Gasteiger partial charge in [0.1, 0.15) is 12.7 Å². The van der Waals surface area contributed by atoms with Crippen LogP contribution in [0.3, 0.4) is 0 Å². The lowest BCUT2D eigenvalue weighted by atomic mass is 9.36. The minimum atomic E-state index is -1.64. The first kappa shape index (κ1) is 58.8. The van der Waals surface area contributed by atoms with Crippen LogP contribution in [0, 0.1) is 81.3 Å². The van der Waals surface area contributed by atoms with Crippen LogP contribution in [0.1, 0.15) is 207 Å². The predicted molar refractivity (Wildman–Crippen MR) is 347 cm³/mol. The second kappa shape index (κ2) is 23.0. The first-order valence-electron chi connectivity index (χ1n) is 35.1. The minimum Gasteiger partial charge on any atom is -0.462 e. The van der Waals surface area contributed by atoms with E-state index < -0.39 is 58.4 Å². The quantitative estimate of drug-likeness (QED) is 0.0795. The molecule has 1 spiro atoms. The van der Waals surface area contributed by atoms with Crippen molar-refractivity contribution in [2.45, 2.75) is 216 Å². The van der Waals surface area contributed by atoms with Crippen molar-refractivity contribution in [3.05, 3.63) is 166 Å². The summed E-state index contributed by atoms with van der Waals surface area (Å²) in [5, 5.41) is 45.9. The molecule has 0 radical (unpaired) electrons. The maximum atomic E-state index is 15.9. The molecule has 15 rings (SSSR count). The summed E-state index contributed by atoms with van der Waals surface area (Å²) in [4.78, 5) is 28.6. The molecule has 6 saturated carbocycles. The van der Waals surface area contributed by atoms with E-state index in [0.717, 1.165) is 63.4 Å². The number of aryl methyl sites for hydroxylation is 1. The maximum absolute atomic E-state index is 15.9. The van der Waals surface area contributed by atoms with E-state index in [4.69, 9.17) is 9.47 Å².